The van der Waals surface area contributed by atoms with E-state index in [-0.39, 0.29) is 17.5 Å². The second-order valence-electron chi connectivity index (χ2n) is 7.07. The first kappa shape index (κ1) is 19.6. The summed E-state index contributed by atoms with van der Waals surface area (Å²) in [6.45, 7) is 13.5. The molecule has 20 heavy (non-hydrogen) atoms. The van der Waals surface area contributed by atoms with Gasteiger partial charge in [-0.05, 0) is 52.9 Å². The van der Waals surface area contributed by atoms with Crippen molar-refractivity contribution in [1.29, 1.82) is 0 Å². The molecule has 2 saturated carbocycles. The molecule has 1 unspecified atom stereocenters. The highest BCUT2D eigenvalue weighted by atomic mass is 16.5. The quantitative estimate of drug-likeness (QED) is 0.694. The summed E-state index contributed by atoms with van der Waals surface area (Å²) in [6, 6.07) is 0. The fourth-order valence-electron chi connectivity index (χ4n) is 3.22. The third kappa shape index (κ3) is 9.52. The van der Waals surface area contributed by atoms with Gasteiger partial charge < -0.3 is 4.74 Å². The molecule has 2 nitrogen and oxygen atoms in total. The van der Waals surface area contributed by atoms with E-state index in [1.54, 1.807) is 39.0 Å². The molecule has 0 aromatic rings. The number of ether oxygens (including phenoxy) is 1. The highest BCUT2D eigenvalue weighted by Gasteiger charge is 2.30. The summed E-state index contributed by atoms with van der Waals surface area (Å²) in [7, 11) is 0. The molecule has 2 heteroatoms. The highest BCUT2D eigenvalue weighted by molar-refractivity contribution is 5.75. The van der Waals surface area contributed by atoms with Gasteiger partial charge in [-0.2, -0.15) is 0 Å². The van der Waals surface area contributed by atoms with Gasteiger partial charge in [0.25, 0.3) is 0 Å². The first-order chi connectivity index (χ1) is 9.26. The van der Waals surface area contributed by atoms with Gasteiger partial charge in [-0.15, -0.1) is 0 Å². The van der Waals surface area contributed by atoms with Crippen LogP contribution in [-0.2, 0) is 9.53 Å². The smallest absolute Gasteiger partial charge is 0.132 e. The van der Waals surface area contributed by atoms with Crippen LogP contribution in [0.3, 0.4) is 0 Å². The first-order valence-electron chi connectivity index (χ1n) is 8.43. The highest BCUT2D eigenvalue weighted by Crippen LogP contribution is 2.43. The zero-order valence-corrected chi connectivity index (χ0v) is 14.8. The van der Waals surface area contributed by atoms with E-state index < -0.39 is 0 Å². The number of ketones is 1. The second-order valence-corrected chi connectivity index (χ2v) is 7.07. The van der Waals surface area contributed by atoms with Crippen LogP contribution in [-0.4, -0.2) is 17.5 Å². The maximum atomic E-state index is 10.7. The van der Waals surface area contributed by atoms with E-state index in [0.717, 1.165) is 0 Å². The summed E-state index contributed by atoms with van der Waals surface area (Å²) >= 11 is 0. The fourth-order valence-corrected chi connectivity index (χ4v) is 3.22. The van der Waals surface area contributed by atoms with Crippen LogP contribution in [0.1, 0.15) is 87.0 Å². The first-order valence-corrected chi connectivity index (χ1v) is 8.43. The van der Waals surface area contributed by atoms with Crippen LogP contribution in [0, 0.1) is 11.8 Å². The number of rotatable bonds is 3. The van der Waals surface area contributed by atoms with Gasteiger partial charge in [0, 0.05) is 6.42 Å². The zero-order chi connectivity index (χ0) is 15.8. The van der Waals surface area contributed by atoms with Crippen LogP contribution in [0.15, 0.2) is 0 Å². The van der Waals surface area contributed by atoms with Gasteiger partial charge in [-0.1, -0.05) is 39.5 Å². The Balaban J connectivity index is 0.000000339. The minimum Gasteiger partial charge on any atom is -0.372 e. The Hall–Kier alpha value is -0.370. The third-order valence-corrected chi connectivity index (χ3v) is 3.76. The van der Waals surface area contributed by atoms with Crippen molar-refractivity contribution in [1.82, 2.24) is 0 Å². The molecule has 0 aromatic heterocycles. The number of Topliss-reactive ketones (excluding diaryl/α,β-unsaturated/α-hetero) is 1. The van der Waals surface area contributed by atoms with E-state index >= 15 is 0 Å². The molecular formula is C18H36O2. The molecule has 0 saturated heterocycles. The number of hydrogen-bond donors (Lipinski definition) is 0. The summed E-state index contributed by atoms with van der Waals surface area (Å²) in [5.74, 6) is 2.52. The van der Waals surface area contributed by atoms with Crippen LogP contribution in [0.2, 0.25) is 0 Å². The topological polar surface area (TPSA) is 26.3 Å². The lowest BCUT2D eigenvalue weighted by atomic mass is 10.0. The Morgan fingerprint density at radius 3 is 1.70 bits per heavy atom. The molecule has 0 amide bonds. The molecule has 0 aliphatic heterocycles. The lowest BCUT2D eigenvalue weighted by Gasteiger charge is -2.24. The average Bonchev–Trinajstić information content (AvgIpc) is 2.92. The predicted molar refractivity (Wildman–Crippen MR) is 87.0 cm³/mol. The monoisotopic (exact) mass is 284 g/mol. The van der Waals surface area contributed by atoms with Crippen molar-refractivity contribution in [3.63, 3.8) is 0 Å². The van der Waals surface area contributed by atoms with Gasteiger partial charge >= 0.3 is 0 Å². The van der Waals surface area contributed by atoms with Crippen molar-refractivity contribution < 1.29 is 9.53 Å². The lowest BCUT2D eigenvalue weighted by molar-refractivity contribution is -0.122. The van der Waals surface area contributed by atoms with Gasteiger partial charge in [0.05, 0.1) is 11.7 Å². The van der Waals surface area contributed by atoms with Crippen LogP contribution in [0.25, 0.3) is 0 Å². The standard InChI is InChI=1S/C9H18O2.C7H12.C2H6/c1-7(10)6-8(2)11-9(3,4)5;1-2-7-4-3-6(1)5-7;1-2/h8H,6H2,1-5H3;6-7H,1-5H2;1-2H3. The predicted octanol–water partition coefficient (Wildman–Crippen LogP) is 5.39. The van der Waals surface area contributed by atoms with Crippen molar-refractivity contribution in [2.75, 3.05) is 0 Å². The molecule has 0 spiro atoms. The van der Waals surface area contributed by atoms with Crippen LogP contribution in [0.4, 0.5) is 0 Å². The molecule has 2 bridgehead atoms. The SMILES string of the molecule is C1CC2CCC1C2.CC.CC(=O)CC(C)OC(C)(C)C. The summed E-state index contributed by atoms with van der Waals surface area (Å²) in [4.78, 5) is 10.7. The maximum Gasteiger partial charge on any atom is 0.132 e. The molecule has 1 atom stereocenters. The Kier molecular flexibility index (Phi) is 9.37. The van der Waals surface area contributed by atoms with Crippen LogP contribution < -0.4 is 0 Å². The van der Waals surface area contributed by atoms with Gasteiger partial charge in [0.1, 0.15) is 5.78 Å². The molecule has 2 fully saturated rings. The van der Waals surface area contributed by atoms with Gasteiger partial charge in [-0.25, -0.2) is 0 Å². The fraction of sp³-hybridized carbons (Fsp3) is 0.944. The van der Waals surface area contributed by atoms with E-state index in [4.69, 9.17) is 4.74 Å². The van der Waals surface area contributed by atoms with Gasteiger partial charge in [0.2, 0.25) is 0 Å². The van der Waals surface area contributed by atoms with Crippen molar-refractivity contribution in [3.05, 3.63) is 0 Å². The lowest BCUT2D eigenvalue weighted by Crippen LogP contribution is -2.26. The maximum absolute atomic E-state index is 10.7. The third-order valence-electron chi connectivity index (χ3n) is 3.76. The van der Waals surface area contributed by atoms with Gasteiger partial charge in [0.15, 0.2) is 0 Å². The minimum atomic E-state index is -0.144. The summed E-state index contributed by atoms with van der Waals surface area (Å²) in [5, 5.41) is 0. The normalized spacial score (nSPS) is 25.1. The second kappa shape index (κ2) is 9.55. The van der Waals surface area contributed by atoms with Crippen LogP contribution in [0.5, 0.6) is 0 Å². The van der Waals surface area contributed by atoms with E-state index in [9.17, 15) is 4.79 Å². The Bertz CT molecular complexity index is 247. The van der Waals surface area contributed by atoms with Gasteiger partial charge in [-0.3, -0.25) is 4.79 Å². The summed E-state index contributed by atoms with van der Waals surface area (Å²) in [6.07, 6.45) is 8.37. The summed E-state index contributed by atoms with van der Waals surface area (Å²) in [5.41, 5.74) is -0.144. The number of hydrogen-bond acceptors (Lipinski definition) is 2. The Morgan fingerprint density at radius 2 is 1.50 bits per heavy atom. The molecule has 0 N–H and O–H groups in total. The zero-order valence-electron chi connectivity index (χ0n) is 14.8. The van der Waals surface area contributed by atoms with Crippen molar-refractivity contribution in [2.45, 2.75) is 98.7 Å². The van der Waals surface area contributed by atoms with E-state index in [0.29, 0.717) is 6.42 Å². The number of carbonyl (C=O) groups excluding carboxylic acids is 1. The molecule has 0 radical (unpaired) electrons. The largest absolute Gasteiger partial charge is 0.372 e. The molecule has 2 rings (SSSR count). The molecule has 0 aromatic carbocycles. The molecule has 2 aliphatic rings. The Labute approximate surface area is 126 Å². The van der Waals surface area contributed by atoms with Crippen molar-refractivity contribution in [3.8, 4) is 0 Å². The number of carbonyl (C=O) groups is 1. The van der Waals surface area contributed by atoms with E-state index in [2.05, 4.69) is 0 Å². The minimum absolute atomic E-state index is 0.0347. The molecule has 120 valence electrons. The van der Waals surface area contributed by atoms with Crippen LogP contribution >= 0.6 is 0 Å². The average molecular weight is 284 g/mol. The Morgan fingerprint density at radius 1 is 1.10 bits per heavy atom. The van der Waals surface area contributed by atoms with E-state index in [1.807, 2.05) is 41.5 Å². The molecule has 2 aliphatic carbocycles. The summed E-state index contributed by atoms with van der Waals surface area (Å²) < 4.78 is 5.53. The van der Waals surface area contributed by atoms with E-state index in [1.165, 1.54) is 11.8 Å². The van der Waals surface area contributed by atoms with Crippen molar-refractivity contribution in [2.24, 2.45) is 11.8 Å². The van der Waals surface area contributed by atoms with Crippen molar-refractivity contribution >= 4 is 5.78 Å². The number of fused-ring (bicyclic) bond motifs is 2. The molecule has 0 heterocycles. The molecular weight excluding hydrogens is 248 g/mol.